The Morgan fingerprint density at radius 1 is 1.10 bits per heavy atom. The molecule has 3 heterocycles. The van der Waals surface area contributed by atoms with Gasteiger partial charge in [-0.05, 0) is 31.0 Å². The van der Waals surface area contributed by atoms with Crippen molar-refractivity contribution in [2.24, 2.45) is 0 Å². The van der Waals surface area contributed by atoms with Gasteiger partial charge < -0.3 is 10.6 Å². The Morgan fingerprint density at radius 3 is 2.66 bits per heavy atom. The van der Waals surface area contributed by atoms with Crippen molar-refractivity contribution in [1.29, 1.82) is 0 Å². The van der Waals surface area contributed by atoms with Crippen LogP contribution in [0, 0.1) is 10.1 Å². The van der Waals surface area contributed by atoms with Crippen LogP contribution in [0.2, 0.25) is 0 Å². The predicted octanol–water partition coefficient (Wildman–Crippen LogP) is 2.64. The summed E-state index contributed by atoms with van der Waals surface area (Å²) in [7, 11) is 0. The van der Waals surface area contributed by atoms with Gasteiger partial charge in [0.1, 0.15) is 6.33 Å². The van der Waals surface area contributed by atoms with Crippen LogP contribution in [-0.4, -0.2) is 35.3 Å². The molecule has 1 saturated carbocycles. The Morgan fingerprint density at radius 2 is 1.90 bits per heavy atom. The Kier molecular flexibility index (Phi) is 3.76. The number of aromatic amines is 3. The van der Waals surface area contributed by atoms with Crippen LogP contribution < -0.4 is 16.2 Å². The average Bonchev–Trinajstić information content (AvgIpc) is 3.34. The molecule has 0 radical (unpaired) electrons. The normalized spacial score (nSPS) is 13.5. The third-order valence-electron chi connectivity index (χ3n) is 4.70. The Balaban J connectivity index is 1.47. The smallest absolute Gasteiger partial charge is 0.334 e. The number of nitrogens with one attached hydrogen (secondary N) is 5. The summed E-state index contributed by atoms with van der Waals surface area (Å²) in [5.74, 6) is 0.969. The lowest BCUT2D eigenvalue weighted by atomic mass is 10.2. The summed E-state index contributed by atoms with van der Waals surface area (Å²) in [6.45, 7) is 0. The molecular weight excluding hydrogens is 378 g/mol. The second kappa shape index (κ2) is 6.44. The highest BCUT2D eigenvalue weighted by atomic mass is 16.6. The number of benzene rings is 1. The minimum atomic E-state index is -0.560. The molecule has 0 spiro atoms. The predicted molar refractivity (Wildman–Crippen MR) is 105 cm³/mol. The van der Waals surface area contributed by atoms with Crippen molar-refractivity contribution in [1.82, 2.24) is 30.4 Å². The van der Waals surface area contributed by atoms with E-state index in [0.29, 0.717) is 28.3 Å². The molecule has 146 valence electrons. The second-order valence-corrected chi connectivity index (χ2v) is 6.75. The number of nitro groups is 1. The zero-order chi connectivity index (χ0) is 20.0. The molecule has 5 rings (SSSR count). The molecule has 5 N–H and O–H groups in total. The Hall–Kier alpha value is -4.22. The van der Waals surface area contributed by atoms with E-state index in [1.54, 1.807) is 18.2 Å². The quantitative estimate of drug-likeness (QED) is 0.246. The minimum Gasteiger partial charge on any atom is -0.334 e. The highest BCUT2D eigenvalue weighted by molar-refractivity contribution is 5.84. The molecule has 0 atom stereocenters. The fraction of sp³-hybridized carbons (Fsp3) is 0.176. The lowest BCUT2D eigenvalue weighted by Crippen LogP contribution is -2.05. The van der Waals surface area contributed by atoms with Crippen LogP contribution in [0.15, 0.2) is 35.4 Å². The molecule has 1 aliphatic carbocycles. The lowest BCUT2D eigenvalue weighted by Gasteiger charge is -2.09. The van der Waals surface area contributed by atoms with Crippen LogP contribution in [0.1, 0.15) is 24.5 Å². The first-order valence-electron chi connectivity index (χ1n) is 8.87. The molecule has 29 heavy (non-hydrogen) atoms. The number of rotatable bonds is 6. The van der Waals surface area contributed by atoms with E-state index in [1.165, 1.54) is 6.33 Å². The maximum atomic E-state index is 11.7. The van der Waals surface area contributed by atoms with E-state index in [9.17, 15) is 14.9 Å². The van der Waals surface area contributed by atoms with Crippen molar-refractivity contribution in [3.63, 3.8) is 0 Å². The lowest BCUT2D eigenvalue weighted by molar-refractivity contribution is -0.383. The van der Waals surface area contributed by atoms with Crippen LogP contribution in [0.4, 0.5) is 28.8 Å². The average molecular weight is 393 g/mol. The van der Waals surface area contributed by atoms with Gasteiger partial charge in [-0.2, -0.15) is 5.10 Å². The molecule has 12 nitrogen and oxygen atoms in total. The topological polar surface area (TPSA) is 170 Å². The number of nitrogens with zero attached hydrogens (tertiary/aromatic N) is 4. The van der Waals surface area contributed by atoms with Gasteiger partial charge in [-0.3, -0.25) is 30.2 Å². The van der Waals surface area contributed by atoms with E-state index in [1.807, 2.05) is 6.07 Å². The summed E-state index contributed by atoms with van der Waals surface area (Å²) in [6.07, 6.45) is 3.45. The minimum absolute atomic E-state index is 0.0164. The molecule has 12 heteroatoms. The molecule has 4 aromatic rings. The van der Waals surface area contributed by atoms with Gasteiger partial charge >= 0.3 is 5.69 Å². The van der Waals surface area contributed by atoms with E-state index >= 15 is 0 Å². The number of hydrogen-bond acceptors (Lipinski definition) is 8. The highest BCUT2D eigenvalue weighted by Crippen LogP contribution is 2.40. The Labute approximate surface area is 161 Å². The Bertz CT molecular complexity index is 1280. The van der Waals surface area contributed by atoms with E-state index < -0.39 is 4.92 Å². The molecule has 1 fully saturated rings. The van der Waals surface area contributed by atoms with E-state index in [0.717, 1.165) is 18.5 Å². The van der Waals surface area contributed by atoms with Crippen molar-refractivity contribution in [2.45, 2.75) is 18.8 Å². The summed E-state index contributed by atoms with van der Waals surface area (Å²) >= 11 is 0. The summed E-state index contributed by atoms with van der Waals surface area (Å²) in [4.78, 5) is 30.8. The molecule has 0 amide bonds. The molecule has 0 bridgehead atoms. The van der Waals surface area contributed by atoms with Crippen LogP contribution in [-0.2, 0) is 0 Å². The van der Waals surface area contributed by atoms with Gasteiger partial charge in [-0.1, -0.05) is 0 Å². The van der Waals surface area contributed by atoms with Gasteiger partial charge in [0.15, 0.2) is 5.82 Å². The van der Waals surface area contributed by atoms with Crippen molar-refractivity contribution in [2.75, 3.05) is 10.6 Å². The van der Waals surface area contributed by atoms with Gasteiger partial charge in [0.2, 0.25) is 11.6 Å². The van der Waals surface area contributed by atoms with Crippen LogP contribution in [0.3, 0.4) is 0 Å². The third kappa shape index (κ3) is 3.16. The van der Waals surface area contributed by atoms with Crippen molar-refractivity contribution < 1.29 is 4.92 Å². The van der Waals surface area contributed by atoms with E-state index in [-0.39, 0.29) is 22.9 Å². The third-order valence-corrected chi connectivity index (χ3v) is 4.70. The molecule has 0 unspecified atom stereocenters. The van der Waals surface area contributed by atoms with Gasteiger partial charge in [0.05, 0.1) is 15.8 Å². The van der Waals surface area contributed by atoms with Crippen molar-refractivity contribution in [3.05, 3.63) is 56.8 Å². The van der Waals surface area contributed by atoms with Gasteiger partial charge in [-0.25, -0.2) is 9.97 Å². The van der Waals surface area contributed by atoms with Crippen molar-refractivity contribution in [3.8, 4) is 0 Å². The molecule has 1 aliphatic rings. The van der Waals surface area contributed by atoms with Crippen LogP contribution in [0.5, 0.6) is 0 Å². The second-order valence-electron chi connectivity index (χ2n) is 6.75. The fourth-order valence-corrected chi connectivity index (χ4v) is 3.11. The fourth-order valence-electron chi connectivity index (χ4n) is 3.11. The van der Waals surface area contributed by atoms with Crippen LogP contribution >= 0.6 is 0 Å². The molecule has 0 saturated heterocycles. The molecule has 3 aromatic heterocycles. The largest absolute Gasteiger partial charge is 0.353 e. The highest BCUT2D eigenvalue weighted by Gasteiger charge is 2.27. The SMILES string of the molecule is O=c1[nH][nH]c2cc(Nc3ncnc(Nc4cc(C5CC5)[nH]n4)c3[N+](=O)[O-])ccc12. The number of aromatic nitrogens is 6. The maximum Gasteiger partial charge on any atom is 0.353 e. The van der Waals surface area contributed by atoms with Gasteiger partial charge in [0, 0.05) is 23.4 Å². The first-order chi connectivity index (χ1) is 14.1. The van der Waals surface area contributed by atoms with Crippen LogP contribution in [0.25, 0.3) is 10.9 Å². The molecule has 1 aromatic carbocycles. The number of H-pyrrole nitrogens is 3. The first kappa shape index (κ1) is 16.9. The summed E-state index contributed by atoms with van der Waals surface area (Å²) in [5.41, 5.74) is 1.54. The summed E-state index contributed by atoms with van der Waals surface area (Å²) < 4.78 is 0. The van der Waals surface area contributed by atoms with Gasteiger partial charge in [-0.15, -0.1) is 0 Å². The van der Waals surface area contributed by atoms with Crippen molar-refractivity contribution >= 4 is 39.7 Å². The first-order valence-corrected chi connectivity index (χ1v) is 8.87. The van der Waals surface area contributed by atoms with Gasteiger partial charge in [0.25, 0.3) is 5.56 Å². The van der Waals surface area contributed by atoms with E-state index in [4.69, 9.17) is 0 Å². The van der Waals surface area contributed by atoms with E-state index in [2.05, 4.69) is 41.0 Å². The summed E-state index contributed by atoms with van der Waals surface area (Å²) in [5, 5.41) is 30.3. The number of hydrogen-bond donors (Lipinski definition) is 5. The zero-order valence-electron chi connectivity index (χ0n) is 14.9. The molecular formula is C17H15N9O3. The number of fused-ring (bicyclic) bond motifs is 1. The maximum absolute atomic E-state index is 11.7. The monoisotopic (exact) mass is 393 g/mol. The zero-order valence-corrected chi connectivity index (χ0v) is 14.9. The molecule has 0 aliphatic heterocycles. The summed E-state index contributed by atoms with van der Waals surface area (Å²) in [6, 6.07) is 6.73. The standard InChI is InChI=1S/C17H15N9O3/c27-17-10-4-3-9(5-12(10)23-25-17)20-15-14(26(28)29)16(19-7-18-15)21-13-6-11(22-24-13)8-1-2-8/h3-8H,1-2H2,(H2,23,25,27)(H3,18,19,20,21,22,24). The number of anilines is 4.